The second kappa shape index (κ2) is 10.8. The van der Waals surface area contributed by atoms with Crippen LogP contribution in [0.4, 0.5) is 0 Å². The molecule has 8 atom stereocenters. The van der Waals surface area contributed by atoms with Crippen molar-refractivity contribution >= 4 is 0 Å². The van der Waals surface area contributed by atoms with Crippen LogP contribution < -0.4 is 0 Å². The highest BCUT2D eigenvalue weighted by atomic mass is 16.5. The fourth-order valence-corrected chi connectivity index (χ4v) is 10.0. The van der Waals surface area contributed by atoms with Gasteiger partial charge in [0.05, 0.1) is 18.3 Å². The third-order valence-corrected chi connectivity index (χ3v) is 12.2. The molecular formula is C35H54O2. The van der Waals surface area contributed by atoms with Crippen molar-refractivity contribution in [2.24, 2.45) is 40.4 Å². The highest BCUT2D eigenvalue weighted by Gasteiger charge is 2.60. The van der Waals surface area contributed by atoms with Crippen LogP contribution >= 0.6 is 0 Å². The average molecular weight is 507 g/mol. The first-order valence-corrected chi connectivity index (χ1v) is 15.7. The van der Waals surface area contributed by atoms with Crippen LogP contribution in [0.5, 0.6) is 0 Å². The Kier molecular flexibility index (Phi) is 8.01. The number of aliphatic hydroxyl groups excluding tert-OH is 1. The van der Waals surface area contributed by atoms with E-state index in [1.165, 1.54) is 63.4 Å². The molecule has 5 rings (SSSR count). The average Bonchev–Trinajstić information content (AvgIpc) is 3.23. The Morgan fingerprint density at radius 1 is 0.973 bits per heavy atom. The minimum absolute atomic E-state index is 0.0368. The minimum Gasteiger partial charge on any atom is -0.393 e. The van der Waals surface area contributed by atoms with Crippen LogP contribution in [-0.2, 0) is 11.3 Å². The van der Waals surface area contributed by atoms with Crippen LogP contribution in [0, 0.1) is 40.4 Å². The van der Waals surface area contributed by atoms with Crippen molar-refractivity contribution < 1.29 is 9.84 Å². The van der Waals surface area contributed by atoms with Gasteiger partial charge in [0.25, 0.3) is 0 Å². The van der Waals surface area contributed by atoms with Crippen molar-refractivity contribution in [3.05, 3.63) is 47.5 Å². The standard InChI is InChI=1S/C35H54O2/c1-6-26(13-10-20-33(2,3)37-24-25-11-8-7-9-12-25)30-16-17-31-29-15-14-27-23-28(36)18-21-34(27,4)32(29)19-22-35(30,31)5/h6-9,11-12,27-32,36H,10,13-24H2,1-5H3/b26-6+. The summed E-state index contributed by atoms with van der Waals surface area (Å²) >= 11 is 0. The number of hydrogen-bond acceptors (Lipinski definition) is 2. The Morgan fingerprint density at radius 3 is 2.46 bits per heavy atom. The van der Waals surface area contributed by atoms with Crippen molar-refractivity contribution in [3.8, 4) is 0 Å². The number of hydrogen-bond donors (Lipinski definition) is 1. The number of ether oxygens (including phenoxy) is 1. The van der Waals surface area contributed by atoms with Gasteiger partial charge in [-0.25, -0.2) is 0 Å². The molecule has 1 aromatic rings. The number of allylic oxidation sites excluding steroid dienone is 2. The zero-order valence-electron chi connectivity index (χ0n) is 24.5. The summed E-state index contributed by atoms with van der Waals surface area (Å²) in [7, 11) is 0. The van der Waals surface area contributed by atoms with Crippen molar-refractivity contribution in [1.82, 2.24) is 0 Å². The first kappa shape index (κ1) is 27.4. The van der Waals surface area contributed by atoms with E-state index in [2.05, 4.69) is 71.0 Å². The lowest BCUT2D eigenvalue weighted by molar-refractivity contribution is -0.125. The van der Waals surface area contributed by atoms with Crippen molar-refractivity contribution in [1.29, 1.82) is 0 Å². The predicted molar refractivity (Wildman–Crippen MR) is 154 cm³/mol. The van der Waals surface area contributed by atoms with E-state index >= 15 is 0 Å². The molecule has 0 aliphatic heterocycles. The topological polar surface area (TPSA) is 29.5 Å². The van der Waals surface area contributed by atoms with Crippen molar-refractivity contribution in [3.63, 3.8) is 0 Å². The van der Waals surface area contributed by atoms with Gasteiger partial charge in [-0.05, 0) is 144 Å². The smallest absolute Gasteiger partial charge is 0.0724 e. The highest BCUT2D eigenvalue weighted by Crippen LogP contribution is 2.68. The summed E-state index contributed by atoms with van der Waals surface area (Å²) in [5.74, 6) is 4.26. The Hall–Kier alpha value is -1.12. The van der Waals surface area contributed by atoms with E-state index in [4.69, 9.17) is 4.74 Å². The molecule has 0 saturated heterocycles. The molecule has 2 nitrogen and oxygen atoms in total. The largest absolute Gasteiger partial charge is 0.393 e. The quantitative estimate of drug-likeness (QED) is 0.356. The molecule has 4 aliphatic rings. The van der Waals surface area contributed by atoms with Gasteiger partial charge in [0.1, 0.15) is 0 Å². The fraction of sp³-hybridized carbons (Fsp3) is 0.771. The number of benzene rings is 1. The lowest BCUT2D eigenvalue weighted by Crippen LogP contribution is -2.54. The SMILES string of the molecule is C/C=C(\CCCC(C)(C)OCc1ccccc1)C1CCC2C3CCC4CC(O)CCC4(C)C3CCC12C. The Labute approximate surface area is 227 Å². The summed E-state index contributed by atoms with van der Waals surface area (Å²) in [6.07, 6.45) is 17.8. The van der Waals surface area contributed by atoms with Gasteiger partial charge < -0.3 is 9.84 Å². The lowest BCUT2D eigenvalue weighted by Gasteiger charge is -2.61. The molecule has 0 amide bonds. The number of aliphatic hydroxyl groups is 1. The molecule has 0 aromatic heterocycles. The van der Waals surface area contributed by atoms with Crippen molar-refractivity contribution in [2.75, 3.05) is 0 Å². The van der Waals surface area contributed by atoms with Gasteiger partial charge in [0.15, 0.2) is 0 Å². The zero-order chi connectivity index (χ0) is 26.3. The normalized spacial score (nSPS) is 40.1. The van der Waals surface area contributed by atoms with E-state index in [0.717, 1.165) is 48.9 Å². The minimum atomic E-state index is -0.0868. The maximum Gasteiger partial charge on any atom is 0.0724 e. The summed E-state index contributed by atoms with van der Waals surface area (Å²) < 4.78 is 6.35. The lowest BCUT2D eigenvalue weighted by atomic mass is 9.44. The van der Waals surface area contributed by atoms with Gasteiger partial charge in [-0.3, -0.25) is 0 Å². The molecule has 206 valence electrons. The molecule has 0 heterocycles. The second-order valence-corrected chi connectivity index (χ2v) is 14.5. The van der Waals surface area contributed by atoms with E-state index in [-0.39, 0.29) is 11.7 Å². The van der Waals surface area contributed by atoms with Gasteiger partial charge >= 0.3 is 0 Å². The molecule has 37 heavy (non-hydrogen) atoms. The highest BCUT2D eigenvalue weighted by molar-refractivity contribution is 5.18. The van der Waals surface area contributed by atoms with Gasteiger partial charge in [-0.1, -0.05) is 55.8 Å². The summed E-state index contributed by atoms with van der Waals surface area (Å²) in [5.41, 5.74) is 3.88. The Balaban J connectivity index is 1.19. The van der Waals surface area contributed by atoms with E-state index in [9.17, 15) is 5.11 Å². The maximum atomic E-state index is 10.4. The van der Waals surface area contributed by atoms with Crippen LogP contribution in [0.15, 0.2) is 42.0 Å². The Bertz CT molecular complexity index is 934. The van der Waals surface area contributed by atoms with Crippen LogP contribution in [0.25, 0.3) is 0 Å². The van der Waals surface area contributed by atoms with Crippen LogP contribution in [0.1, 0.15) is 117 Å². The molecule has 0 spiro atoms. The molecule has 0 bridgehead atoms. The van der Waals surface area contributed by atoms with Gasteiger partial charge in [-0.2, -0.15) is 0 Å². The fourth-order valence-electron chi connectivity index (χ4n) is 10.0. The monoisotopic (exact) mass is 506 g/mol. The summed E-state index contributed by atoms with van der Waals surface area (Å²) in [4.78, 5) is 0. The molecule has 1 N–H and O–H groups in total. The van der Waals surface area contributed by atoms with Gasteiger partial charge in [0, 0.05) is 0 Å². The predicted octanol–water partition coefficient (Wildman–Crippen LogP) is 9.12. The third-order valence-electron chi connectivity index (χ3n) is 12.2. The van der Waals surface area contributed by atoms with E-state index < -0.39 is 0 Å². The van der Waals surface area contributed by atoms with E-state index in [1.807, 2.05) is 0 Å². The van der Waals surface area contributed by atoms with Gasteiger partial charge in [-0.15, -0.1) is 0 Å². The number of fused-ring (bicyclic) bond motifs is 5. The second-order valence-electron chi connectivity index (χ2n) is 14.5. The first-order valence-electron chi connectivity index (χ1n) is 15.7. The summed E-state index contributed by atoms with van der Waals surface area (Å²) in [6, 6.07) is 10.6. The first-order chi connectivity index (χ1) is 17.7. The van der Waals surface area contributed by atoms with Crippen LogP contribution in [0.2, 0.25) is 0 Å². The van der Waals surface area contributed by atoms with Crippen molar-refractivity contribution in [2.45, 2.75) is 130 Å². The molecule has 1 aromatic carbocycles. The molecule has 8 unspecified atom stereocenters. The summed E-state index contributed by atoms with van der Waals surface area (Å²) in [5, 5.41) is 10.4. The molecular weight excluding hydrogens is 452 g/mol. The maximum absolute atomic E-state index is 10.4. The van der Waals surface area contributed by atoms with Crippen LogP contribution in [-0.4, -0.2) is 16.8 Å². The third kappa shape index (κ3) is 5.36. The molecule has 4 saturated carbocycles. The van der Waals surface area contributed by atoms with E-state index in [0.29, 0.717) is 17.4 Å². The molecule has 4 aliphatic carbocycles. The van der Waals surface area contributed by atoms with Crippen LogP contribution in [0.3, 0.4) is 0 Å². The number of rotatable bonds is 8. The molecule has 2 heteroatoms. The Morgan fingerprint density at radius 2 is 1.70 bits per heavy atom. The van der Waals surface area contributed by atoms with Gasteiger partial charge in [0.2, 0.25) is 0 Å². The molecule has 4 fully saturated rings. The summed E-state index contributed by atoms with van der Waals surface area (Å²) in [6.45, 7) is 12.8. The van der Waals surface area contributed by atoms with E-state index in [1.54, 1.807) is 5.57 Å². The zero-order valence-corrected chi connectivity index (χ0v) is 24.5. The molecule has 0 radical (unpaired) electrons.